The number of carbonyl (C=O) groups excluding carboxylic acids is 1. The molecule has 0 spiro atoms. The lowest BCUT2D eigenvalue weighted by Gasteiger charge is -2.16. The first kappa shape index (κ1) is 16.0. The predicted octanol–water partition coefficient (Wildman–Crippen LogP) is 2.88. The summed E-state index contributed by atoms with van der Waals surface area (Å²) >= 11 is 0. The molecule has 0 aliphatic heterocycles. The molecule has 0 N–H and O–H groups in total. The van der Waals surface area contributed by atoms with E-state index in [9.17, 15) is 18.0 Å². The second-order valence-electron chi connectivity index (χ2n) is 4.82. The fourth-order valence-electron chi connectivity index (χ4n) is 1.95. The Morgan fingerprint density at radius 3 is 2.73 bits per heavy atom. The summed E-state index contributed by atoms with van der Waals surface area (Å²) in [6.45, 7) is 1.69. The van der Waals surface area contributed by atoms with Crippen LogP contribution in [0.4, 0.5) is 18.9 Å². The van der Waals surface area contributed by atoms with E-state index in [2.05, 4.69) is 10.1 Å². The molecule has 2 aromatic rings. The minimum atomic E-state index is -4.34. The molecule has 0 saturated carbocycles. The van der Waals surface area contributed by atoms with E-state index in [1.54, 1.807) is 37.6 Å². The van der Waals surface area contributed by atoms with Gasteiger partial charge in [0.05, 0.1) is 35.9 Å². The van der Waals surface area contributed by atoms with Crippen LogP contribution in [0.2, 0.25) is 0 Å². The third-order valence-electron chi connectivity index (χ3n) is 3.14. The van der Waals surface area contributed by atoms with E-state index in [-0.39, 0.29) is 0 Å². The molecule has 0 aromatic carbocycles. The highest BCUT2D eigenvalue weighted by molar-refractivity contribution is 5.93. The van der Waals surface area contributed by atoms with Gasteiger partial charge in [-0.3, -0.25) is 9.78 Å². The Hall–Kier alpha value is -2.38. The molecule has 0 saturated heterocycles. The molecule has 0 unspecified atom stereocenters. The van der Waals surface area contributed by atoms with E-state index in [0.29, 0.717) is 17.1 Å². The number of aromatic nitrogens is 3. The summed E-state index contributed by atoms with van der Waals surface area (Å²) in [6.07, 6.45) is -1.25. The molecule has 2 aromatic heterocycles. The van der Waals surface area contributed by atoms with Gasteiger partial charge in [0.25, 0.3) is 0 Å². The van der Waals surface area contributed by atoms with Crippen molar-refractivity contribution < 1.29 is 18.0 Å². The molecule has 1 amide bonds. The fourth-order valence-corrected chi connectivity index (χ4v) is 1.95. The van der Waals surface area contributed by atoms with E-state index in [1.165, 1.54) is 16.6 Å². The van der Waals surface area contributed by atoms with Crippen molar-refractivity contribution in [3.63, 3.8) is 0 Å². The maximum Gasteiger partial charge on any atom is 0.389 e. The van der Waals surface area contributed by atoms with Crippen LogP contribution in [0.15, 0.2) is 30.7 Å². The van der Waals surface area contributed by atoms with Crippen LogP contribution in [0.25, 0.3) is 5.69 Å². The Balaban J connectivity index is 2.15. The van der Waals surface area contributed by atoms with Gasteiger partial charge < -0.3 is 4.90 Å². The van der Waals surface area contributed by atoms with Crippen LogP contribution in [-0.4, -0.2) is 33.9 Å². The maximum atomic E-state index is 12.2. The van der Waals surface area contributed by atoms with Crippen LogP contribution in [-0.2, 0) is 4.79 Å². The van der Waals surface area contributed by atoms with Gasteiger partial charge in [0.1, 0.15) is 0 Å². The highest BCUT2D eigenvalue weighted by Gasteiger charge is 2.29. The summed E-state index contributed by atoms with van der Waals surface area (Å²) in [5.41, 5.74) is 1.72. The summed E-state index contributed by atoms with van der Waals surface area (Å²) in [5.74, 6) is -0.605. The van der Waals surface area contributed by atoms with Gasteiger partial charge in [0.2, 0.25) is 5.91 Å². The van der Waals surface area contributed by atoms with Crippen LogP contribution < -0.4 is 4.90 Å². The van der Waals surface area contributed by atoms with E-state index in [4.69, 9.17) is 0 Å². The first-order valence-corrected chi connectivity index (χ1v) is 6.58. The number of nitrogens with zero attached hydrogens (tertiary/aromatic N) is 4. The van der Waals surface area contributed by atoms with E-state index < -0.39 is 24.9 Å². The lowest BCUT2D eigenvalue weighted by molar-refractivity contribution is -0.142. The van der Waals surface area contributed by atoms with E-state index in [1.807, 2.05) is 0 Å². The summed E-state index contributed by atoms with van der Waals surface area (Å²) in [7, 11) is 1.44. The normalized spacial score (nSPS) is 11.5. The van der Waals surface area contributed by atoms with Gasteiger partial charge in [-0.2, -0.15) is 18.3 Å². The van der Waals surface area contributed by atoms with Crippen molar-refractivity contribution in [1.82, 2.24) is 14.8 Å². The number of carbonyl (C=O) groups is 1. The van der Waals surface area contributed by atoms with Gasteiger partial charge in [-0.1, -0.05) is 0 Å². The number of hydrogen-bond acceptors (Lipinski definition) is 3. The van der Waals surface area contributed by atoms with Crippen LogP contribution in [0.5, 0.6) is 0 Å². The molecular weight excluding hydrogens is 297 g/mol. The highest BCUT2D eigenvalue weighted by Crippen LogP contribution is 2.24. The molecule has 2 rings (SSSR count). The molecule has 0 atom stereocenters. The molecule has 22 heavy (non-hydrogen) atoms. The zero-order chi connectivity index (χ0) is 16.3. The standard InChI is InChI=1S/C14H15F3N4O/c1-10-12(20(2)13(22)5-6-14(15,16)17)9-21(19-10)11-4-3-7-18-8-11/h3-4,7-9H,5-6H2,1-2H3. The number of aryl methyl sites for hydroxylation is 1. The van der Waals surface area contributed by atoms with Gasteiger partial charge in [-0.05, 0) is 19.1 Å². The Bertz CT molecular complexity index is 652. The Kier molecular flexibility index (Phi) is 4.48. The van der Waals surface area contributed by atoms with Gasteiger partial charge in [0, 0.05) is 19.7 Å². The summed E-state index contributed by atoms with van der Waals surface area (Å²) in [6, 6.07) is 3.53. The number of alkyl halides is 3. The number of pyridine rings is 1. The molecular formula is C14H15F3N4O. The molecule has 0 radical (unpaired) electrons. The monoisotopic (exact) mass is 312 g/mol. The van der Waals surface area contributed by atoms with E-state index in [0.717, 1.165) is 0 Å². The first-order valence-electron chi connectivity index (χ1n) is 6.58. The number of amides is 1. The third kappa shape index (κ3) is 3.84. The van der Waals surface area contributed by atoms with Gasteiger partial charge in [-0.15, -0.1) is 0 Å². The van der Waals surface area contributed by atoms with Crippen LogP contribution in [0.3, 0.4) is 0 Å². The molecule has 0 aliphatic rings. The summed E-state index contributed by atoms with van der Waals surface area (Å²) in [4.78, 5) is 17.0. The highest BCUT2D eigenvalue weighted by atomic mass is 19.4. The average Bonchev–Trinajstić information content (AvgIpc) is 2.86. The van der Waals surface area contributed by atoms with Crippen molar-refractivity contribution in [2.45, 2.75) is 25.9 Å². The molecule has 0 bridgehead atoms. The molecule has 5 nitrogen and oxygen atoms in total. The van der Waals surface area contributed by atoms with Crippen LogP contribution in [0, 0.1) is 6.92 Å². The zero-order valence-corrected chi connectivity index (χ0v) is 12.1. The lowest BCUT2D eigenvalue weighted by Crippen LogP contribution is -2.27. The van der Waals surface area contributed by atoms with Crippen molar-refractivity contribution in [1.29, 1.82) is 0 Å². The zero-order valence-electron chi connectivity index (χ0n) is 12.1. The van der Waals surface area contributed by atoms with E-state index >= 15 is 0 Å². The largest absolute Gasteiger partial charge is 0.389 e. The number of hydrogen-bond donors (Lipinski definition) is 0. The SMILES string of the molecule is Cc1nn(-c2cccnc2)cc1N(C)C(=O)CCC(F)(F)F. The van der Waals surface area contributed by atoms with Crippen molar-refractivity contribution >= 4 is 11.6 Å². The lowest BCUT2D eigenvalue weighted by atomic mass is 10.2. The topological polar surface area (TPSA) is 51.0 Å². The molecule has 8 heteroatoms. The minimum absolute atomic E-state index is 0.469. The van der Waals surface area contributed by atoms with Crippen LogP contribution in [0.1, 0.15) is 18.5 Å². The Morgan fingerprint density at radius 1 is 1.41 bits per heavy atom. The number of anilines is 1. The Labute approximate surface area is 125 Å². The van der Waals surface area contributed by atoms with Crippen molar-refractivity contribution in [3.05, 3.63) is 36.4 Å². The average molecular weight is 312 g/mol. The predicted molar refractivity (Wildman–Crippen MR) is 74.8 cm³/mol. The third-order valence-corrected chi connectivity index (χ3v) is 3.14. The van der Waals surface area contributed by atoms with Gasteiger partial charge >= 0.3 is 6.18 Å². The Morgan fingerprint density at radius 2 is 2.14 bits per heavy atom. The summed E-state index contributed by atoms with van der Waals surface area (Å²) in [5, 5.41) is 4.25. The quantitative estimate of drug-likeness (QED) is 0.872. The van der Waals surface area contributed by atoms with Gasteiger partial charge in [-0.25, -0.2) is 4.68 Å². The number of rotatable bonds is 4. The van der Waals surface area contributed by atoms with Crippen molar-refractivity contribution in [2.75, 3.05) is 11.9 Å². The second kappa shape index (κ2) is 6.17. The summed E-state index contributed by atoms with van der Waals surface area (Å²) < 4.78 is 38.1. The molecule has 2 heterocycles. The van der Waals surface area contributed by atoms with Crippen LogP contribution >= 0.6 is 0 Å². The van der Waals surface area contributed by atoms with Gasteiger partial charge in [0.15, 0.2) is 0 Å². The first-order chi connectivity index (χ1) is 10.3. The molecule has 118 valence electrons. The fraction of sp³-hybridized carbons (Fsp3) is 0.357. The smallest absolute Gasteiger partial charge is 0.312 e. The van der Waals surface area contributed by atoms with Crippen molar-refractivity contribution in [2.24, 2.45) is 0 Å². The molecule has 0 aliphatic carbocycles. The minimum Gasteiger partial charge on any atom is -0.312 e. The second-order valence-corrected chi connectivity index (χ2v) is 4.82. The number of halogens is 3. The molecule has 0 fully saturated rings. The maximum absolute atomic E-state index is 12.2. The van der Waals surface area contributed by atoms with Crippen molar-refractivity contribution in [3.8, 4) is 5.69 Å².